The smallest absolute Gasteiger partial charge is 0.374 e. The van der Waals surface area contributed by atoms with Gasteiger partial charge in [0.25, 0.3) is 0 Å². The molecule has 1 unspecified atom stereocenters. The highest BCUT2D eigenvalue weighted by Gasteiger charge is 2.34. The molecule has 0 bridgehead atoms. The molecule has 1 aliphatic heterocycles. The molecule has 0 saturated heterocycles. The van der Waals surface area contributed by atoms with E-state index in [4.69, 9.17) is 9.84 Å². The maximum Gasteiger partial charge on any atom is 0.374 e. The number of hydrogen-bond donors (Lipinski definition) is 2. The Bertz CT molecular complexity index is 503. The number of cyclic esters (lactones) is 1. The molecule has 0 radical (unpaired) electrons. The van der Waals surface area contributed by atoms with E-state index in [1.54, 1.807) is 24.3 Å². The van der Waals surface area contributed by atoms with Gasteiger partial charge >= 0.3 is 11.9 Å². The standard InChI is InChI=1S/C13H12O5/c14-10(15)7-6-9-11(12(16)13(17)18-9)8-4-2-1-3-5-8/h1-5,9,16H,6-7H2,(H,14,15). The molecule has 1 aromatic carbocycles. The van der Waals surface area contributed by atoms with Crippen LogP contribution in [0.25, 0.3) is 5.57 Å². The van der Waals surface area contributed by atoms with Crippen LogP contribution in [0.1, 0.15) is 18.4 Å². The van der Waals surface area contributed by atoms with E-state index in [9.17, 15) is 14.7 Å². The van der Waals surface area contributed by atoms with E-state index in [1.807, 2.05) is 6.07 Å². The lowest BCUT2D eigenvalue weighted by atomic mass is 9.97. The van der Waals surface area contributed by atoms with Gasteiger partial charge in [0.15, 0.2) is 0 Å². The van der Waals surface area contributed by atoms with Crippen LogP contribution in [0.3, 0.4) is 0 Å². The van der Waals surface area contributed by atoms with Gasteiger partial charge in [-0.3, -0.25) is 4.79 Å². The Morgan fingerprint density at radius 2 is 1.94 bits per heavy atom. The lowest BCUT2D eigenvalue weighted by molar-refractivity contribution is -0.144. The van der Waals surface area contributed by atoms with Crippen molar-refractivity contribution in [1.82, 2.24) is 0 Å². The van der Waals surface area contributed by atoms with E-state index in [-0.39, 0.29) is 12.8 Å². The van der Waals surface area contributed by atoms with Crippen molar-refractivity contribution >= 4 is 17.5 Å². The van der Waals surface area contributed by atoms with Crippen LogP contribution in [0, 0.1) is 0 Å². The van der Waals surface area contributed by atoms with E-state index in [1.165, 1.54) is 0 Å². The van der Waals surface area contributed by atoms with Gasteiger partial charge < -0.3 is 14.9 Å². The summed E-state index contributed by atoms with van der Waals surface area (Å²) in [6, 6.07) is 8.83. The van der Waals surface area contributed by atoms with Crippen molar-refractivity contribution in [3.63, 3.8) is 0 Å². The minimum Gasteiger partial charge on any atom is -0.502 e. The zero-order chi connectivity index (χ0) is 13.1. The molecule has 0 amide bonds. The molecular weight excluding hydrogens is 236 g/mol. The van der Waals surface area contributed by atoms with Gasteiger partial charge in [0.05, 0.1) is 0 Å². The fourth-order valence-corrected chi connectivity index (χ4v) is 1.90. The molecule has 0 saturated carbocycles. The number of esters is 1. The second-order valence-electron chi connectivity index (χ2n) is 3.95. The first-order valence-electron chi connectivity index (χ1n) is 5.51. The van der Waals surface area contributed by atoms with Gasteiger partial charge in [-0.2, -0.15) is 0 Å². The van der Waals surface area contributed by atoms with Gasteiger partial charge in [-0.25, -0.2) is 4.79 Å². The second-order valence-corrected chi connectivity index (χ2v) is 3.95. The van der Waals surface area contributed by atoms with Crippen LogP contribution in [0.5, 0.6) is 0 Å². The van der Waals surface area contributed by atoms with Crippen molar-refractivity contribution in [3.05, 3.63) is 41.7 Å². The number of ether oxygens (including phenoxy) is 1. The fraction of sp³-hybridized carbons (Fsp3) is 0.231. The molecule has 1 aliphatic rings. The maximum atomic E-state index is 11.3. The van der Waals surface area contributed by atoms with E-state index in [0.717, 1.165) is 0 Å². The lowest BCUT2D eigenvalue weighted by Gasteiger charge is -2.12. The number of carbonyl (C=O) groups is 2. The van der Waals surface area contributed by atoms with E-state index in [0.29, 0.717) is 11.1 Å². The van der Waals surface area contributed by atoms with Gasteiger partial charge in [0, 0.05) is 12.0 Å². The summed E-state index contributed by atoms with van der Waals surface area (Å²) in [6.07, 6.45) is -0.673. The number of aliphatic carboxylic acids is 1. The third kappa shape index (κ3) is 2.34. The maximum absolute atomic E-state index is 11.3. The zero-order valence-corrected chi connectivity index (χ0v) is 9.50. The summed E-state index contributed by atoms with van der Waals surface area (Å²) < 4.78 is 4.96. The van der Waals surface area contributed by atoms with Crippen LogP contribution >= 0.6 is 0 Å². The summed E-state index contributed by atoms with van der Waals surface area (Å²) in [5, 5.41) is 18.3. The minimum absolute atomic E-state index is 0.123. The number of benzene rings is 1. The number of aliphatic hydroxyl groups excluding tert-OH is 1. The molecule has 1 heterocycles. The molecule has 18 heavy (non-hydrogen) atoms. The molecule has 0 spiro atoms. The summed E-state index contributed by atoms with van der Waals surface area (Å²) >= 11 is 0. The van der Waals surface area contributed by atoms with Crippen LogP contribution in [-0.4, -0.2) is 28.3 Å². The highest BCUT2D eigenvalue weighted by Crippen LogP contribution is 2.32. The summed E-state index contributed by atoms with van der Waals surface area (Å²) in [5.74, 6) is -2.20. The summed E-state index contributed by atoms with van der Waals surface area (Å²) in [7, 11) is 0. The average molecular weight is 248 g/mol. The first-order valence-corrected chi connectivity index (χ1v) is 5.51. The first-order chi connectivity index (χ1) is 8.59. The van der Waals surface area contributed by atoms with E-state index in [2.05, 4.69) is 0 Å². The van der Waals surface area contributed by atoms with E-state index < -0.39 is 23.8 Å². The highest BCUT2D eigenvalue weighted by atomic mass is 16.6. The summed E-state index contributed by atoms with van der Waals surface area (Å²) in [4.78, 5) is 21.9. The predicted molar refractivity (Wildman–Crippen MR) is 62.7 cm³/mol. The molecule has 1 aromatic rings. The van der Waals surface area contributed by atoms with Crippen LogP contribution < -0.4 is 0 Å². The first kappa shape index (κ1) is 12.2. The Morgan fingerprint density at radius 3 is 2.56 bits per heavy atom. The molecule has 0 aliphatic carbocycles. The van der Waals surface area contributed by atoms with Crippen LogP contribution in [0.4, 0.5) is 0 Å². The quantitative estimate of drug-likeness (QED) is 0.793. The van der Waals surface area contributed by atoms with Gasteiger partial charge in [0.2, 0.25) is 5.76 Å². The van der Waals surface area contributed by atoms with Crippen molar-refractivity contribution in [3.8, 4) is 0 Å². The van der Waals surface area contributed by atoms with Crippen molar-refractivity contribution < 1.29 is 24.5 Å². The SMILES string of the molecule is O=C(O)CCC1OC(=O)C(O)=C1c1ccccc1. The van der Waals surface area contributed by atoms with Crippen molar-refractivity contribution in [1.29, 1.82) is 0 Å². The lowest BCUT2D eigenvalue weighted by Crippen LogP contribution is -2.13. The van der Waals surface area contributed by atoms with Gasteiger partial charge in [-0.15, -0.1) is 0 Å². The predicted octanol–water partition coefficient (Wildman–Crippen LogP) is 1.75. The number of carboxylic acid groups (broad SMARTS) is 1. The largest absolute Gasteiger partial charge is 0.502 e. The number of hydrogen-bond acceptors (Lipinski definition) is 4. The Balaban J connectivity index is 2.28. The Kier molecular flexibility index (Phi) is 3.32. The van der Waals surface area contributed by atoms with Crippen LogP contribution in [0.2, 0.25) is 0 Å². The van der Waals surface area contributed by atoms with Crippen molar-refractivity contribution in [2.75, 3.05) is 0 Å². The second kappa shape index (κ2) is 4.91. The Labute approximate surface area is 103 Å². The molecule has 1 atom stereocenters. The Morgan fingerprint density at radius 1 is 1.28 bits per heavy atom. The molecule has 94 valence electrons. The minimum atomic E-state index is -0.968. The number of rotatable bonds is 4. The fourth-order valence-electron chi connectivity index (χ4n) is 1.90. The number of carboxylic acids is 1. The summed E-state index contributed by atoms with van der Waals surface area (Å²) in [6.45, 7) is 0. The molecule has 0 fully saturated rings. The summed E-state index contributed by atoms with van der Waals surface area (Å²) in [5.41, 5.74) is 1.03. The van der Waals surface area contributed by atoms with Crippen LogP contribution in [0.15, 0.2) is 36.1 Å². The monoisotopic (exact) mass is 248 g/mol. The topological polar surface area (TPSA) is 83.8 Å². The average Bonchev–Trinajstić information content (AvgIpc) is 2.64. The molecular formula is C13H12O5. The highest BCUT2D eigenvalue weighted by molar-refractivity contribution is 6.00. The Hall–Kier alpha value is -2.30. The number of carbonyl (C=O) groups excluding carboxylic acids is 1. The van der Waals surface area contributed by atoms with Gasteiger partial charge in [-0.05, 0) is 12.0 Å². The third-order valence-electron chi connectivity index (χ3n) is 2.72. The third-order valence-corrected chi connectivity index (χ3v) is 2.72. The van der Waals surface area contributed by atoms with E-state index >= 15 is 0 Å². The van der Waals surface area contributed by atoms with Crippen LogP contribution in [-0.2, 0) is 14.3 Å². The molecule has 5 nitrogen and oxygen atoms in total. The zero-order valence-electron chi connectivity index (χ0n) is 9.50. The molecule has 2 rings (SSSR count). The van der Waals surface area contributed by atoms with Gasteiger partial charge in [0.1, 0.15) is 6.10 Å². The van der Waals surface area contributed by atoms with Crippen molar-refractivity contribution in [2.45, 2.75) is 18.9 Å². The normalized spacial score (nSPS) is 18.9. The molecule has 5 heteroatoms. The molecule has 2 N–H and O–H groups in total. The molecule has 0 aromatic heterocycles. The van der Waals surface area contributed by atoms with Crippen molar-refractivity contribution in [2.24, 2.45) is 0 Å². The van der Waals surface area contributed by atoms with Gasteiger partial charge in [-0.1, -0.05) is 30.3 Å². The number of aliphatic hydroxyl groups is 1.